The Bertz CT molecular complexity index is 712. The highest BCUT2D eigenvalue weighted by atomic mass is 127. The molecule has 3 aliphatic rings. The van der Waals surface area contributed by atoms with Gasteiger partial charge in [0.2, 0.25) is 6.79 Å². The number of halogens is 1. The maximum absolute atomic E-state index is 5.69. The van der Waals surface area contributed by atoms with Crippen LogP contribution < -0.4 is 14.8 Å². The van der Waals surface area contributed by atoms with Crippen LogP contribution in [0.3, 0.4) is 0 Å². The molecule has 2 saturated heterocycles. The lowest BCUT2D eigenvalue weighted by Crippen LogP contribution is -2.52. The first-order chi connectivity index (χ1) is 13.7. The molecule has 1 unspecified atom stereocenters. The van der Waals surface area contributed by atoms with Crippen LogP contribution in [0, 0.1) is 0 Å². The standard InChI is InChI=1S/C21H31N3O3S.HI/c1-3-17-13-24(8-11-28-17)20(22-2)23-14-21(6-9-25-10-7-21)16-4-5-18-19(12-16)27-15-26-18;/h4-5,12,17H,3,6-11,13-15H2,1-2H3,(H,22,23);1H. The summed E-state index contributed by atoms with van der Waals surface area (Å²) in [7, 11) is 1.89. The first kappa shape index (κ1) is 22.8. The van der Waals surface area contributed by atoms with Crippen molar-refractivity contribution in [3.63, 3.8) is 0 Å². The predicted molar refractivity (Wildman–Crippen MR) is 129 cm³/mol. The summed E-state index contributed by atoms with van der Waals surface area (Å²) in [6.07, 6.45) is 3.19. The molecule has 3 heterocycles. The Morgan fingerprint density at radius 3 is 2.83 bits per heavy atom. The van der Waals surface area contributed by atoms with E-state index in [1.165, 1.54) is 17.7 Å². The molecule has 0 aliphatic carbocycles. The van der Waals surface area contributed by atoms with Gasteiger partial charge in [-0.25, -0.2) is 0 Å². The zero-order valence-corrected chi connectivity index (χ0v) is 20.5. The Morgan fingerprint density at radius 1 is 1.28 bits per heavy atom. The lowest BCUT2D eigenvalue weighted by atomic mass is 9.74. The van der Waals surface area contributed by atoms with Crippen molar-refractivity contribution in [2.24, 2.45) is 4.99 Å². The van der Waals surface area contributed by atoms with E-state index >= 15 is 0 Å². The first-order valence-electron chi connectivity index (χ1n) is 10.3. The van der Waals surface area contributed by atoms with Crippen molar-refractivity contribution in [3.05, 3.63) is 23.8 Å². The molecule has 0 saturated carbocycles. The van der Waals surface area contributed by atoms with E-state index in [-0.39, 0.29) is 29.4 Å². The van der Waals surface area contributed by atoms with Crippen molar-refractivity contribution in [1.82, 2.24) is 10.2 Å². The van der Waals surface area contributed by atoms with Crippen LogP contribution in [-0.2, 0) is 10.2 Å². The average Bonchev–Trinajstić information content (AvgIpc) is 3.23. The summed E-state index contributed by atoms with van der Waals surface area (Å²) < 4.78 is 16.8. The summed E-state index contributed by atoms with van der Waals surface area (Å²) in [5, 5.41) is 4.39. The molecule has 0 radical (unpaired) electrons. The van der Waals surface area contributed by atoms with E-state index in [0.29, 0.717) is 12.0 Å². The van der Waals surface area contributed by atoms with Crippen molar-refractivity contribution in [1.29, 1.82) is 0 Å². The van der Waals surface area contributed by atoms with Crippen molar-refractivity contribution in [2.45, 2.75) is 36.9 Å². The molecule has 1 aromatic carbocycles. The second-order valence-corrected chi connectivity index (χ2v) is 9.12. The van der Waals surface area contributed by atoms with Crippen LogP contribution in [0.25, 0.3) is 0 Å². The summed E-state index contributed by atoms with van der Waals surface area (Å²) in [6, 6.07) is 6.38. The van der Waals surface area contributed by atoms with Crippen molar-refractivity contribution >= 4 is 41.7 Å². The van der Waals surface area contributed by atoms with Gasteiger partial charge in [0.05, 0.1) is 0 Å². The zero-order valence-electron chi connectivity index (χ0n) is 17.3. The van der Waals surface area contributed by atoms with E-state index < -0.39 is 0 Å². The molecule has 29 heavy (non-hydrogen) atoms. The number of rotatable bonds is 4. The van der Waals surface area contributed by atoms with E-state index in [2.05, 4.69) is 46.0 Å². The van der Waals surface area contributed by atoms with Gasteiger partial charge >= 0.3 is 0 Å². The first-order valence-corrected chi connectivity index (χ1v) is 11.3. The van der Waals surface area contributed by atoms with Gasteiger partial charge < -0.3 is 24.4 Å². The van der Waals surface area contributed by atoms with E-state index in [1.807, 2.05) is 13.1 Å². The van der Waals surface area contributed by atoms with E-state index in [1.54, 1.807) is 0 Å². The highest BCUT2D eigenvalue weighted by molar-refractivity contribution is 14.0. The Kier molecular flexibility index (Phi) is 8.21. The molecular weight excluding hydrogens is 501 g/mol. The Labute approximate surface area is 195 Å². The lowest BCUT2D eigenvalue weighted by Gasteiger charge is -2.40. The fraction of sp³-hybridized carbons (Fsp3) is 0.667. The van der Waals surface area contributed by atoms with Crippen molar-refractivity contribution in [2.75, 3.05) is 52.4 Å². The highest BCUT2D eigenvalue weighted by Crippen LogP contribution is 2.40. The van der Waals surface area contributed by atoms with E-state index in [0.717, 1.165) is 63.1 Å². The van der Waals surface area contributed by atoms with Gasteiger partial charge in [0.25, 0.3) is 0 Å². The van der Waals surface area contributed by atoms with E-state index in [9.17, 15) is 0 Å². The number of hydrogen-bond acceptors (Lipinski definition) is 5. The summed E-state index contributed by atoms with van der Waals surface area (Å²) >= 11 is 2.08. The molecule has 6 nitrogen and oxygen atoms in total. The zero-order chi connectivity index (χ0) is 19.4. The summed E-state index contributed by atoms with van der Waals surface area (Å²) in [5.41, 5.74) is 1.31. The van der Waals surface area contributed by atoms with Crippen molar-refractivity contribution < 1.29 is 14.2 Å². The van der Waals surface area contributed by atoms with Crippen LogP contribution in [0.15, 0.2) is 23.2 Å². The molecule has 0 aromatic heterocycles. The third kappa shape index (κ3) is 5.07. The maximum Gasteiger partial charge on any atom is 0.231 e. The fourth-order valence-corrected chi connectivity index (χ4v) is 5.48. The van der Waals surface area contributed by atoms with E-state index in [4.69, 9.17) is 14.2 Å². The van der Waals surface area contributed by atoms with Gasteiger partial charge in [-0.1, -0.05) is 13.0 Å². The second-order valence-electron chi connectivity index (χ2n) is 7.71. The molecule has 8 heteroatoms. The molecule has 0 amide bonds. The molecule has 4 rings (SSSR count). The van der Waals surface area contributed by atoms with Crippen molar-refractivity contribution in [3.8, 4) is 11.5 Å². The number of aliphatic imine (C=N–C) groups is 1. The summed E-state index contributed by atoms with van der Waals surface area (Å²) in [4.78, 5) is 7.01. The second kappa shape index (κ2) is 10.4. The summed E-state index contributed by atoms with van der Waals surface area (Å²) in [6.45, 7) is 7.13. The van der Waals surface area contributed by atoms with Crippen LogP contribution in [0.2, 0.25) is 0 Å². The Morgan fingerprint density at radius 2 is 2.07 bits per heavy atom. The summed E-state index contributed by atoms with van der Waals surface area (Å²) in [5.74, 6) is 3.88. The molecule has 2 fully saturated rings. The number of fused-ring (bicyclic) bond motifs is 1. The molecule has 3 aliphatic heterocycles. The van der Waals surface area contributed by atoms with Gasteiger partial charge in [0.1, 0.15) is 0 Å². The molecule has 0 bridgehead atoms. The average molecular weight is 533 g/mol. The van der Waals surface area contributed by atoms with Crippen LogP contribution in [0.5, 0.6) is 11.5 Å². The van der Waals surface area contributed by atoms with Crippen LogP contribution in [0.1, 0.15) is 31.7 Å². The maximum atomic E-state index is 5.69. The number of thioether (sulfide) groups is 1. The Balaban J connectivity index is 0.00000240. The minimum atomic E-state index is 0. The van der Waals surface area contributed by atoms with Gasteiger partial charge in [-0.15, -0.1) is 24.0 Å². The van der Waals surface area contributed by atoms with Gasteiger partial charge in [-0.05, 0) is 37.0 Å². The normalized spacial score (nSPS) is 23.4. The van der Waals surface area contributed by atoms with Crippen LogP contribution in [-0.4, -0.2) is 68.6 Å². The minimum absolute atomic E-state index is 0. The topological polar surface area (TPSA) is 55.3 Å². The SMILES string of the molecule is CCC1CN(C(=NC)NCC2(c3ccc4c(c3)OCO4)CCOCC2)CCS1.I. The Hall–Kier alpha value is -0.870. The number of nitrogens with zero attached hydrogens (tertiary/aromatic N) is 2. The smallest absolute Gasteiger partial charge is 0.231 e. The molecular formula is C21H32IN3O3S. The quantitative estimate of drug-likeness (QED) is 0.364. The van der Waals surface area contributed by atoms with Gasteiger partial charge in [-0.3, -0.25) is 4.99 Å². The number of nitrogens with one attached hydrogen (secondary N) is 1. The number of guanidine groups is 1. The monoisotopic (exact) mass is 533 g/mol. The lowest BCUT2D eigenvalue weighted by molar-refractivity contribution is 0.0511. The molecule has 1 aromatic rings. The number of ether oxygens (including phenoxy) is 3. The third-order valence-corrected chi connectivity index (χ3v) is 7.50. The minimum Gasteiger partial charge on any atom is -0.454 e. The molecule has 1 N–H and O–H groups in total. The molecule has 162 valence electrons. The highest BCUT2D eigenvalue weighted by Gasteiger charge is 2.36. The predicted octanol–water partition coefficient (Wildman–Crippen LogP) is 3.48. The van der Waals surface area contributed by atoms with Crippen LogP contribution >= 0.6 is 35.7 Å². The molecule has 1 atom stereocenters. The van der Waals surface area contributed by atoms with Gasteiger partial charge in [0.15, 0.2) is 17.5 Å². The largest absolute Gasteiger partial charge is 0.454 e. The number of hydrogen-bond donors (Lipinski definition) is 1. The fourth-order valence-electron chi connectivity index (χ4n) is 4.30. The number of benzene rings is 1. The van der Waals surface area contributed by atoms with Gasteiger partial charge in [-0.2, -0.15) is 11.8 Å². The molecule has 0 spiro atoms. The van der Waals surface area contributed by atoms with Crippen LogP contribution in [0.4, 0.5) is 0 Å². The third-order valence-electron chi connectivity index (χ3n) is 6.13. The van der Waals surface area contributed by atoms with Gasteiger partial charge in [0, 0.05) is 56.3 Å².